The molecule has 0 bridgehead atoms. The summed E-state index contributed by atoms with van der Waals surface area (Å²) < 4.78 is 0. The van der Waals surface area contributed by atoms with Gasteiger partial charge in [0.2, 0.25) is 0 Å². The topological polar surface area (TPSA) is 37.8 Å². The summed E-state index contributed by atoms with van der Waals surface area (Å²) in [6, 6.07) is 7.85. The number of halogens is 1. The van der Waals surface area contributed by atoms with Gasteiger partial charge in [-0.15, -0.1) is 0 Å². The molecular weight excluding hydrogens is 266 g/mol. The molecule has 1 N–H and O–H groups in total. The maximum atomic E-state index is 5.96. The van der Waals surface area contributed by atoms with Gasteiger partial charge >= 0.3 is 0 Å². The monoisotopic (exact) mass is 279 g/mol. The van der Waals surface area contributed by atoms with Crippen molar-refractivity contribution in [2.24, 2.45) is 0 Å². The molecule has 3 nitrogen and oxygen atoms in total. The van der Waals surface area contributed by atoms with E-state index in [0.29, 0.717) is 16.1 Å². The van der Waals surface area contributed by atoms with Crippen molar-refractivity contribution >= 4 is 34.9 Å². The second kappa shape index (κ2) is 5.59. The summed E-state index contributed by atoms with van der Waals surface area (Å²) in [4.78, 5) is 8.49. The first-order valence-electron chi connectivity index (χ1n) is 5.52. The second-order valence-corrected chi connectivity index (χ2v) is 5.10. The first-order valence-corrected chi connectivity index (χ1v) is 7.12. The van der Waals surface area contributed by atoms with Gasteiger partial charge in [-0.1, -0.05) is 35.5 Å². The number of aromatic nitrogens is 2. The number of anilines is 2. The van der Waals surface area contributed by atoms with Gasteiger partial charge in [0.1, 0.15) is 11.0 Å². The molecule has 0 radical (unpaired) electrons. The number of hydrogen-bond donors (Lipinski definition) is 1. The smallest absolute Gasteiger partial charge is 0.190 e. The quantitative estimate of drug-likeness (QED) is 0.519. The zero-order chi connectivity index (χ0) is 13.1. The average molecular weight is 280 g/mol. The minimum Gasteiger partial charge on any atom is -0.340 e. The normalized spacial score (nSPS) is 10.4. The Labute approximate surface area is 116 Å². The number of aryl methyl sites for hydroxylation is 1. The fourth-order valence-electron chi connectivity index (χ4n) is 1.58. The fourth-order valence-corrected chi connectivity index (χ4v) is 2.19. The molecule has 0 spiro atoms. The number of nitrogens with one attached hydrogen (secondary N) is 1. The van der Waals surface area contributed by atoms with Crippen LogP contribution in [0.3, 0.4) is 0 Å². The van der Waals surface area contributed by atoms with Crippen LogP contribution in [-0.4, -0.2) is 16.2 Å². The van der Waals surface area contributed by atoms with Gasteiger partial charge in [0.05, 0.1) is 0 Å². The Morgan fingerprint density at radius 3 is 2.72 bits per heavy atom. The highest BCUT2D eigenvalue weighted by Gasteiger charge is 2.05. The number of benzene rings is 1. The summed E-state index contributed by atoms with van der Waals surface area (Å²) in [5.74, 6) is 0.716. The third kappa shape index (κ3) is 2.94. The molecule has 0 unspecified atom stereocenters. The van der Waals surface area contributed by atoms with E-state index in [1.54, 1.807) is 6.07 Å². The van der Waals surface area contributed by atoms with Crippen LogP contribution in [-0.2, 0) is 0 Å². The van der Waals surface area contributed by atoms with Crippen LogP contribution in [0, 0.1) is 13.8 Å². The lowest BCUT2D eigenvalue weighted by molar-refractivity contribution is 0.975. The molecule has 18 heavy (non-hydrogen) atoms. The van der Waals surface area contributed by atoms with Crippen molar-refractivity contribution in [2.45, 2.75) is 19.0 Å². The van der Waals surface area contributed by atoms with Crippen LogP contribution in [0.2, 0.25) is 5.15 Å². The zero-order valence-corrected chi connectivity index (χ0v) is 12.1. The molecule has 2 aromatic rings. The van der Waals surface area contributed by atoms with Gasteiger partial charge < -0.3 is 5.32 Å². The SMILES string of the molecule is CSc1nc(Cl)cc(Nc2cccc(C)c2C)n1. The van der Waals surface area contributed by atoms with E-state index in [2.05, 4.69) is 35.2 Å². The molecule has 5 heteroatoms. The van der Waals surface area contributed by atoms with Crippen molar-refractivity contribution in [3.63, 3.8) is 0 Å². The highest BCUT2D eigenvalue weighted by atomic mass is 35.5. The molecular formula is C13H14ClN3S. The van der Waals surface area contributed by atoms with E-state index >= 15 is 0 Å². The second-order valence-electron chi connectivity index (χ2n) is 3.94. The summed E-state index contributed by atoms with van der Waals surface area (Å²) in [5.41, 5.74) is 3.49. The van der Waals surface area contributed by atoms with E-state index in [9.17, 15) is 0 Å². The predicted octanol–water partition coefficient (Wildman–Crippen LogP) is 4.21. The van der Waals surface area contributed by atoms with Crippen LogP contribution in [0.1, 0.15) is 11.1 Å². The lowest BCUT2D eigenvalue weighted by atomic mass is 10.1. The molecule has 1 aromatic heterocycles. The highest BCUT2D eigenvalue weighted by molar-refractivity contribution is 7.98. The minimum atomic E-state index is 0.446. The molecule has 1 aromatic carbocycles. The summed E-state index contributed by atoms with van der Waals surface area (Å²) >= 11 is 7.43. The van der Waals surface area contributed by atoms with Gasteiger partial charge in [0, 0.05) is 11.8 Å². The van der Waals surface area contributed by atoms with Crippen LogP contribution in [0.5, 0.6) is 0 Å². The Morgan fingerprint density at radius 1 is 1.22 bits per heavy atom. The van der Waals surface area contributed by atoms with Gasteiger partial charge in [0.15, 0.2) is 5.16 Å². The van der Waals surface area contributed by atoms with E-state index in [-0.39, 0.29) is 0 Å². The number of nitrogens with zero attached hydrogens (tertiary/aromatic N) is 2. The van der Waals surface area contributed by atoms with Crippen molar-refractivity contribution in [2.75, 3.05) is 11.6 Å². The van der Waals surface area contributed by atoms with Crippen LogP contribution in [0.4, 0.5) is 11.5 Å². The van der Waals surface area contributed by atoms with Gasteiger partial charge in [-0.25, -0.2) is 9.97 Å². The highest BCUT2D eigenvalue weighted by Crippen LogP contribution is 2.24. The lowest BCUT2D eigenvalue weighted by Crippen LogP contribution is -1.99. The summed E-state index contributed by atoms with van der Waals surface area (Å²) in [6.45, 7) is 4.16. The molecule has 0 fully saturated rings. The van der Waals surface area contributed by atoms with Crippen LogP contribution in [0.15, 0.2) is 29.4 Å². The molecule has 0 amide bonds. The van der Waals surface area contributed by atoms with Crippen molar-refractivity contribution < 1.29 is 0 Å². The van der Waals surface area contributed by atoms with Crippen LogP contribution >= 0.6 is 23.4 Å². The molecule has 0 aliphatic rings. The number of rotatable bonds is 3. The minimum absolute atomic E-state index is 0.446. The third-order valence-corrected chi connectivity index (χ3v) is 3.47. The van der Waals surface area contributed by atoms with Crippen molar-refractivity contribution in [3.05, 3.63) is 40.5 Å². The standard InChI is InChI=1S/C13H14ClN3S/c1-8-5-4-6-10(9(8)2)15-12-7-11(14)16-13(17-12)18-3/h4-7H,1-3H3,(H,15,16,17). The molecule has 0 aliphatic heterocycles. The van der Waals surface area contributed by atoms with Gasteiger partial charge in [-0.3, -0.25) is 0 Å². The lowest BCUT2D eigenvalue weighted by Gasteiger charge is -2.11. The Morgan fingerprint density at radius 2 is 2.00 bits per heavy atom. The van der Waals surface area contributed by atoms with E-state index in [4.69, 9.17) is 11.6 Å². The van der Waals surface area contributed by atoms with E-state index < -0.39 is 0 Å². The predicted molar refractivity (Wildman–Crippen MR) is 78.0 cm³/mol. The molecule has 0 saturated heterocycles. The Kier molecular flexibility index (Phi) is 4.09. The largest absolute Gasteiger partial charge is 0.340 e. The summed E-state index contributed by atoms with van der Waals surface area (Å²) in [6.07, 6.45) is 1.92. The van der Waals surface area contributed by atoms with Gasteiger partial charge in [-0.2, -0.15) is 0 Å². The number of thioether (sulfide) groups is 1. The first kappa shape index (κ1) is 13.2. The molecule has 0 atom stereocenters. The van der Waals surface area contributed by atoms with Crippen LogP contribution < -0.4 is 5.32 Å². The summed E-state index contributed by atoms with van der Waals surface area (Å²) in [7, 11) is 0. The maximum absolute atomic E-state index is 5.96. The van der Waals surface area contributed by atoms with Gasteiger partial charge in [-0.05, 0) is 37.3 Å². The molecule has 0 saturated carbocycles. The average Bonchev–Trinajstić information content (AvgIpc) is 2.34. The van der Waals surface area contributed by atoms with Crippen LogP contribution in [0.25, 0.3) is 0 Å². The molecule has 94 valence electrons. The van der Waals surface area contributed by atoms with Crippen molar-refractivity contribution in [1.82, 2.24) is 9.97 Å². The Bertz CT molecular complexity index is 572. The Hall–Kier alpha value is -1.26. The van der Waals surface area contributed by atoms with E-state index in [1.165, 1.54) is 22.9 Å². The summed E-state index contributed by atoms with van der Waals surface area (Å²) in [5, 5.41) is 4.39. The molecule has 0 aliphatic carbocycles. The van der Waals surface area contributed by atoms with Gasteiger partial charge in [0.25, 0.3) is 0 Å². The van der Waals surface area contributed by atoms with Crippen molar-refractivity contribution in [3.8, 4) is 0 Å². The maximum Gasteiger partial charge on any atom is 0.190 e. The van der Waals surface area contributed by atoms with E-state index in [0.717, 1.165) is 5.69 Å². The zero-order valence-electron chi connectivity index (χ0n) is 10.5. The third-order valence-electron chi connectivity index (χ3n) is 2.72. The Balaban J connectivity index is 2.34. The first-order chi connectivity index (χ1) is 8.60. The molecule has 1 heterocycles. The number of hydrogen-bond acceptors (Lipinski definition) is 4. The van der Waals surface area contributed by atoms with E-state index in [1.807, 2.05) is 18.4 Å². The van der Waals surface area contributed by atoms with Crippen molar-refractivity contribution in [1.29, 1.82) is 0 Å². The fraction of sp³-hybridized carbons (Fsp3) is 0.231. The molecule has 2 rings (SSSR count).